The van der Waals surface area contributed by atoms with Crippen LogP contribution in [0.25, 0.3) is 0 Å². The minimum atomic E-state index is 0. The van der Waals surface area contributed by atoms with Crippen LogP contribution in [0.15, 0.2) is 30.6 Å². The number of nitrogens with zero attached hydrogens (tertiary/aromatic N) is 3. The highest BCUT2D eigenvalue weighted by atomic mass is 35.5. The summed E-state index contributed by atoms with van der Waals surface area (Å²) in [6.45, 7) is 7.35. The van der Waals surface area contributed by atoms with Crippen molar-refractivity contribution in [1.29, 1.82) is 0 Å². The smallest absolute Gasteiger partial charge is 0.227 e. The van der Waals surface area contributed by atoms with E-state index >= 15 is 0 Å². The molecule has 2 atom stereocenters. The number of ether oxygens (including phenoxy) is 1. The molecule has 6 nitrogen and oxygen atoms in total. The molecule has 0 aliphatic carbocycles. The summed E-state index contributed by atoms with van der Waals surface area (Å²) < 4.78 is 7.99. The summed E-state index contributed by atoms with van der Waals surface area (Å²) in [5, 5.41) is 7.67. The second-order valence-corrected chi connectivity index (χ2v) is 8.21. The van der Waals surface area contributed by atoms with Crippen LogP contribution in [0.5, 0.6) is 5.75 Å². The molecular weight excluding hydrogens is 388 g/mol. The number of aryl methyl sites for hydroxylation is 3. The molecule has 1 aromatic heterocycles. The van der Waals surface area contributed by atoms with Crippen molar-refractivity contribution < 1.29 is 9.53 Å². The third kappa shape index (κ3) is 4.75. The Morgan fingerprint density at radius 2 is 1.93 bits per heavy atom. The summed E-state index contributed by atoms with van der Waals surface area (Å²) in [4.78, 5) is 15.2. The zero-order chi connectivity index (χ0) is 19.7. The summed E-state index contributed by atoms with van der Waals surface area (Å²) in [6, 6.07) is 6.26. The number of carbonyl (C=O) groups excluding carboxylic acids is 1. The summed E-state index contributed by atoms with van der Waals surface area (Å²) in [5.41, 5.74) is 3.68. The molecular formula is C22H31ClN4O2. The third-order valence-corrected chi connectivity index (χ3v) is 6.22. The van der Waals surface area contributed by atoms with E-state index in [1.165, 1.54) is 11.1 Å². The Labute approximate surface area is 179 Å². The van der Waals surface area contributed by atoms with Gasteiger partial charge in [-0.2, -0.15) is 5.10 Å². The largest absolute Gasteiger partial charge is 0.490 e. The van der Waals surface area contributed by atoms with E-state index in [-0.39, 0.29) is 36.3 Å². The zero-order valence-corrected chi connectivity index (χ0v) is 18.2. The fourth-order valence-corrected chi connectivity index (χ4v) is 4.33. The first-order valence-corrected chi connectivity index (χ1v) is 10.2. The lowest BCUT2D eigenvalue weighted by Crippen LogP contribution is -2.45. The van der Waals surface area contributed by atoms with E-state index in [0.29, 0.717) is 0 Å². The fourth-order valence-electron chi connectivity index (χ4n) is 4.33. The maximum Gasteiger partial charge on any atom is 0.227 e. The number of benzene rings is 1. The van der Waals surface area contributed by atoms with Crippen molar-refractivity contribution in [3.05, 3.63) is 47.3 Å². The number of likely N-dealkylation sites (tertiary alicyclic amines) is 1. The number of hydrogen-bond acceptors (Lipinski definition) is 4. The van der Waals surface area contributed by atoms with Gasteiger partial charge in [0, 0.05) is 58.2 Å². The van der Waals surface area contributed by atoms with Crippen LogP contribution in [-0.4, -0.2) is 52.9 Å². The van der Waals surface area contributed by atoms with Gasteiger partial charge in [0.05, 0.1) is 12.1 Å². The molecule has 2 aromatic rings. The average Bonchev–Trinajstić information content (AvgIpc) is 3.33. The number of rotatable bonds is 4. The molecule has 1 aromatic carbocycles. The maximum absolute atomic E-state index is 13.2. The minimum Gasteiger partial charge on any atom is -0.490 e. The fraction of sp³-hybridized carbons (Fsp3) is 0.545. The van der Waals surface area contributed by atoms with E-state index < -0.39 is 0 Å². The molecule has 0 spiro atoms. The van der Waals surface area contributed by atoms with Crippen molar-refractivity contribution >= 4 is 18.3 Å². The van der Waals surface area contributed by atoms with Gasteiger partial charge in [-0.3, -0.25) is 9.48 Å². The Balaban J connectivity index is 0.00000240. The average molecular weight is 419 g/mol. The molecule has 2 aliphatic rings. The molecule has 3 heterocycles. The van der Waals surface area contributed by atoms with Crippen LogP contribution in [0.2, 0.25) is 0 Å². The van der Waals surface area contributed by atoms with E-state index in [1.54, 1.807) is 0 Å². The van der Waals surface area contributed by atoms with Crippen molar-refractivity contribution in [2.45, 2.75) is 38.7 Å². The Morgan fingerprint density at radius 3 is 2.59 bits per heavy atom. The van der Waals surface area contributed by atoms with Crippen molar-refractivity contribution in [3.8, 4) is 5.75 Å². The lowest BCUT2D eigenvalue weighted by atomic mass is 9.89. The predicted octanol–water partition coefficient (Wildman–Crippen LogP) is 2.83. The van der Waals surface area contributed by atoms with Crippen LogP contribution in [0.4, 0.5) is 0 Å². The summed E-state index contributed by atoms with van der Waals surface area (Å²) >= 11 is 0. The van der Waals surface area contributed by atoms with Crippen molar-refractivity contribution in [2.75, 3.05) is 26.2 Å². The second kappa shape index (κ2) is 9.18. The number of piperidine rings is 1. The molecule has 2 saturated heterocycles. The molecule has 158 valence electrons. The van der Waals surface area contributed by atoms with E-state index in [2.05, 4.69) is 36.4 Å². The number of amides is 1. The van der Waals surface area contributed by atoms with E-state index in [9.17, 15) is 4.79 Å². The van der Waals surface area contributed by atoms with Gasteiger partial charge in [0.25, 0.3) is 0 Å². The van der Waals surface area contributed by atoms with Crippen LogP contribution in [0.1, 0.15) is 35.4 Å². The van der Waals surface area contributed by atoms with Crippen molar-refractivity contribution in [3.63, 3.8) is 0 Å². The Hall–Kier alpha value is -2.05. The summed E-state index contributed by atoms with van der Waals surface area (Å²) in [7, 11) is 1.92. The van der Waals surface area contributed by atoms with E-state index in [0.717, 1.165) is 50.3 Å². The monoisotopic (exact) mass is 418 g/mol. The molecule has 2 fully saturated rings. The normalized spacial score (nSPS) is 22.4. The number of hydrogen-bond donors (Lipinski definition) is 1. The van der Waals surface area contributed by atoms with Crippen LogP contribution < -0.4 is 10.1 Å². The first-order valence-electron chi connectivity index (χ1n) is 10.2. The first-order chi connectivity index (χ1) is 13.5. The van der Waals surface area contributed by atoms with Crippen LogP contribution >= 0.6 is 12.4 Å². The second-order valence-electron chi connectivity index (χ2n) is 8.21. The molecule has 0 bridgehead atoms. The molecule has 0 saturated carbocycles. The van der Waals surface area contributed by atoms with E-state index in [1.807, 2.05) is 35.1 Å². The quantitative estimate of drug-likeness (QED) is 0.829. The Morgan fingerprint density at radius 1 is 1.17 bits per heavy atom. The molecule has 1 N–H and O–H groups in total. The van der Waals surface area contributed by atoms with Crippen molar-refractivity contribution in [2.24, 2.45) is 13.0 Å². The maximum atomic E-state index is 13.2. The van der Waals surface area contributed by atoms with Gasteiger partial charge in [-0.1, -0.05) is 6.07 Å². The highest BCUT2D eigenvalue weighted by molar-refractivity contribution is 5.85. The molecule has 0 unspecified atom stereocenters. The molecule has 1 amide bonds. The van der Waals surface area contributed by atoms with Gasteiger partial charge in [-0.25, -0.2) is 0 Å². The van der Waals surface area contributed by atoms with Gasteiger partial charge >= 0.3 is 0 Å². The number of carbonyl (C=O) groups is 1. The van der Waals surface area contributed by atoms with Gasteiger partial charge in [0.1, 0.15) is 11.9 Å². The Bertz CT molecular complexity index is 845. The van der Waals surface area contributed by atoms with Gasteiger partial charge in [-0.05, 0) is 42.7 Å². The summed E-state index contributed by atoms with van der Waals surface area (Å²) in [5.74, 6) is 1.42. The molecule has 0 radical (unpaired) electrons. The Kier molecular flexibility index (Phi) is 6.85. The lowest BCUT2D eigenvalue weighted by molar-refractivity contribution is -0.137. The highest BCUT2D eigenvalue weighted by Crippen LogP contribution is 2.30. The number of nitrogens with one attached hydrogen (secondary N) is 1. The standard InChI is InChI=1S/C22H30N4O2.ClH/c1-15-4-5-19(10-16(15)2)28-18-6-8-26(9-7-18)22(27)21-13-23-12-20(21)17-11-24-25(3)14-17;/h4-5,10-11,14,18,20-21,23H,6-9,12-13H2,1-3H3;1H/t20-,21+;/m1./s1. The van der Waals surface area contributed by atoms with Crippen molar-refractivity contribution in [1.82, 2.24) is 20.0 Å². The number of aromatic nitrogens is 2. The third-order valence-electron chi connectivity index (χ3n) is 6.22. The van der Waals surface area contributed by atoms with Gasteiger partial charge in [0.15, 0.2) is 0 Å². The van der Waals surface area contributed by atoms with Gasteiger partial charge < -0.3 is 15.0 Å². The van der Waals surface area contributed by atoms with E-state index in [4.69, 9.17) is 4.74 Å². The summed E-state index contributed by atoms with van der Waals surface area (Å²) in [6.07, 6.45) is 5.87. The van der Waals surface area contributed by atoms with Crippen LogP contribution in [0, 0.1) is 19.8 Å². The van der Waals surface area contributed by atoms with Gasteiger partial charge in [-0.15, -0.1) is 12.4 Å². The minimum absolute atomic E-state index is 0. The zero-order valence-electron chi connectivity index (χ0n) is 17.4. The number of halogens is 1. The molecule has 7 heteroatoms. The first kappa shape index (κ1) is 21.7. The SMILES string of the molecule is Cc1ccc(OC2CCN(C(=O)[C@H]3CNC[C@@H]3c3cnn(C)c3)CC2)cc1C.Cl. The van der Waals surface area contributed by atoms with Crippen LogP contribution in [-0.2, 0) is 11.8 Å². The predicted molar refractivity (Wildman–Crippen MR) is 116 cm³/mol. The molecule has 2 aliphatic heterocycles. The molecule has 4 rings (SSSR count). The highest BCUT2D eigenvalue weighted by Gasteiger charge is 2.38. The van der Waals surface area contributed by atoms with Gasteiger partial charge in [0.2, 0.25) is 5.91 Å². The van der Waals surface area contributed by atoms with Crippen LogP contribution in [0.3, 0.4) is 0 Å². The topological polar surface area (TPSA) is 59.4 Å². The lowest BCUT2D eigenvalue weighted by Gasteiger charge is -2.34. The molecule has 29 heavy (non-hydrogen) atoms.